The van der Waals surface area contributed by atoms with Gasteiger partial charge in [-0.3, -0.25) is 9.78 Å². The Kier molecular flexibility index (Phi) is 3.77. The van der Waals surface area contributed by atoms with Gasteiger partial charge in [-0.2, -0.15) is 0 Å². The van der Waals surface area contributed by atoms with Gasteiger partial charge in [0.1, 0.15) is 10.8 Å². The molecule has 0 aliphatic heterocycles. The molecule has 2 heterocycles. The molecule has 0 aliphatic rings. The van der Waals surface area contributed by atoms with Gasteiger partial charge in [0.05, 0.1) is 0 Å². The minimum absolute atomic E-state index is 0.163. The molecule has 0 saturated carbocycles. The molecule has 2 aromatic heterocycles. The molecule has 0 fully saturated rings. The summed E-state index contributed by atoms with van der Waals surface area (Å²) in [7, 11) is 0. The number of hydrogen-bond acceptors (Lipinski definition) is 6. The lowest BCUT2D eigenvalue weighted by Crippen LogP contribution is -2.05. The summed E-state index contributed by atoms with van der Waals surface area (Å²) in [4.78, 5) is 14.7. The van der Waals surface area contributed by atoms with Crippen molar-refractivity contribution in [2.75, 3.05) is 11.9 Å². The molecule has 0 unspecified atom stereocenters. The summed E-state index contributed by atoms with van der Waals surface area (Å²) in [6.45, 7) is 2.17. The van der Waals surface area contributed by atoms with Crippen LogP contribution in [0.1, 0.15) is 13.3 Å². The van der Waals surface area contributed by atoms with Crippen molar-refractivity contribution in [1.82, 2.24) is 15.2 Å². The maximum atomic E-state index is 10.8. The Morgan fingerprint density at radius 3 is 2.82 bits per heavy atom. The van der Waals surface area contributed by atoms with Crippen LogP contribution < -0.4 is 5.32 Å². The number of rotatable bonds is 5. The Hall–Kier alpha value is -1.82. The van der Waals surface area contributed by atoms with Crippen LogP contribution in [0.4, 0.5) is 5.13 Å². The predicted octanol–water partition coefficient (Wildman–Crippen LogP) is 1.99. The lowest BCUT2D eigenvalue weighted by atomic mass is 10.3. The van der Waals surface area contributed by atoms with Crippen molar-refractivity contribution < 1.29 is 4.79 Å². The van der Waals surface area contributed by atoms with Gasteiger partial charge in [0.15, 0.2) is 0 Å². The van der Waals surface area contributed by atoms with Gasteiger partial charge < -0.3 is 5.32 Å². The fraction of sp³-hybridized carbons (Fsp3) is 0.273. The largest absolute Gasteiger partial charge is 0.360 e. The van der Waals surface area contributed by atoms with Gasteiger partial charge in [-0.1, -0.05) is 11.3 Å². The summed E-state index contributed by atoms with van der Waals surface area (Å²) in [5, 5.41) is 12.7. The zero-order chi connectivity index (χ0) is 12.1. The number of pyridine rings is 1. The lowest BCUT2D eigenvalue weighted by molar-refractivity contribution is -0.116. The average molecular weight is 248 g/mol. The van der Waals surface area contributed by atoms with E-state index in [0.717, 1.165) is 15.7 Å². The summed E-state index contributed by atoms with van der Waals surface area (Å²) in [5.41, 5.74) is 0.997. The Morgan fingerprint density at radius 1 is 1.35 bits per heavy atom. The predicted molar refractivity (Wildman–Crippen MR) is 66.9 cm³/mol. The van der Waals surface area contributed by atoms with E-state index < -0.39 is 0 Å². The zero-order valence-electron chi connectivity index (χ0n) is 9.38. The van der Waals surface area contributed by atoms with E-state index in [2.05, 4.69) is 20.5 Å². The first-order valence-corrected chi connectivity index (χ1v) is 6.04. The van der Waals surface area contributed by atoms with E-state index in [-0.39, 0.29) is 5.78 Å². The third kappa shape index (κ3) is 3.32. The molecule has 0 saturated heterocycles. The van der Waals surface area contributed by atoms with E-state index in [1.165, 1.54) is 11.3 Å². The molecule has 2 rings (SSSR count). The minimum atomic E-state index is 0.163. The van der Waals surface area contributed by atoms with Crippen molar-refractivity contribution >= 4 is 22.3 Å². The number of nitrogens with zero attached hydrogens (tertiary/aromatic N) is 3. The fourth-order valence-electron chi connectivity index (χ4n) is 1.25. The van der Waals surface area contributed by atoms with Crippen LogP contribution in [0.15, 0.2) is 24.5 Å². The number of aromatic nitrogens is 3. The van der Waals surface area contributed by atoms with E-state index >= 15 is 0 Å². The molecule has 0 amide bonds. The van der Waals surface area contributed by atoms with Crippen molar-refractivity contribution in [3.63, 3.8) is 0 Å². The number of Topliss-reactive ketones (excluding diaryl/α,β-unsaturated/α-hetero) is 1. The highest BCUT2D eigenvalue weighted by Gasteiger charge is 2.05. The average Bonchev–Trinajstić information content (AvgIpc) is 2.78. The third-order valence-electron chi connectivity index (χ3n) is 2.11. The molecular weight excluding hydrogens is 236 g/mol. The molecule has 2 aromatic rings. The van der Waals surface area contributed by atoms with E-state index in [1.807, 2.05) is 12.1 Å². The quantitative estimate of drug-likeness (QED) is 0.876. The van der Waals surface area contributed by atoms with Gasteiger partial charge >= 0.3 is 0 Å². The molecule has 0 spiro atoms. The molecule has 0 aromatic carbocycles. The Labute approximate surface area is 103 Å². The second-order valence-electron chi connectivity index (χ2n) is 3.53. The van der Waals surface area contributed by atoms with Crippen molar-refractivity contribution in [3.05, 3.63) is 24.5 Å². The SMILES string of the molecule is CC(=O)CCNc1nnc(-c2ccncc2)s1. The summed E-state index contributed by atoms with van der Waals surface area (Å²) in [6.07, 6.45) is 3.95. The van der Waals surface area contributed by atoms with E-state index in [4.69, 9.17) is 0 Å². The monoisotopic (exact) mass is 248 g/mol. The first kappa shape index (κ1) is 11.7. The Bertz CT molecular complexity index is 497. The van der Waals surface area contributed by atoms with Crippen LogP contribution in [-0.4, -0.2) is 27.5 Å². The molecule has 17 heavy (non-hydrogen) atoms. The van der Waals surface area contributed by atoms with Gasteiger partial charge in [-0.25, -0.2) is 0 Å². The van der Waals surface area contributed by atoms with Gasteiger partial charge in [-0.05, 0) is 19.1 Å². The number of hydrogen-bond donors (Lipinski definition) is 1. The highest BCUT2D eigenvalue weighted by atomic mass is 32.1. The normalized spacial score (nSPS) is 10.2. The van der Waals surface area contributed by atoms with Gasteiger partial charge in [-0.15, -0.1) is 10.2 Å². The number of carbonyl (C=O) groups is 1. The van der Waals surface area contributed by atoms with Crippen LogP contribution in [0.5, 0.6) is 0 Å². The van der Waals surface area contributed by atoms with Crippen LogP contribution in [0.2, 0.25) is 0 Å². The van der Waals surface area contributed by atoms with Gasteiger partial charge in [0.2, 0.25) is 5.13 Å². The van der Waals surface area contributed by atoms with Crippen LogP contribution in [0.25, 0.3) is 10.6 Å². The number of ketones is 1. The summed E-state index contributed by atoms with van der Waals surface area (Å²) >= 11 is 1.47. The topological polar surface area (TPSA) is 67.8 Å². The van der Waals surface area contributed by atoms with Crippen molar-refractivity contribution in [2.45, 2.75) is 13.3 Å². The second-order valence-corrected chi connectivity index (χ2v) is 4.50. The number of carbonyl (C=O) groups excluding carboxylic acids is 1. The lowest BCUT2D eigenvalue weighted by Gasteiger charge is -1.97. The third-order valence-corrected chi connectivity index (χ3v) is 3.04. The first-order valence-electron chi connectivity index (χ1n) is 5.23. The minimum Gasteiger partial charge on any atom is -0.360 e. The van der Waals surface area contributed by atoms with Gasteiger partial charge in [0, 0.05) is 30.9 Å². The van der Waals surface area contributed by atoms with E-state index in [0.29, 0.717) is 13.0 Å². The Morgan fingerprint density at radius 2 is 2.12 bits per heavy atom. The molecule has 88 valence electrons. The van der Waals surface area contributed by atoms with Crippen molar-refractivity contribution in [1.29, 1.82) is 0 Å². The standard InChI is InChI=1S/C11H12N4OS/c1-8(16)2-7-13-11-15-14-10(17-11)9-3-5-12-6-4-9/h3-6H,2,7H2,1H3,(H,13,15). The fourth-order valence-corrected chi connectivity index (χ4v) is 2.03. The highest BCUT2D eigenvalue weighted by molar-refractivity contribution is 7.18. The smallest absolute Gasteiger partial charge is 0.206 e. The molecular formula is C11H12N4OS. The van der Waals surface area contributed by atoms with Crippen LogP contribution in [-0.2, 0) is 4.79 Å². The zero-order valence-corrected chi connectivity index (χ0v) is 10.2. The van der Waals surface area contributed by atoms with Crippen LogP contribution in [0.3, 0.4) is 0 Å². The van der Waals surface area contributed by atoms with Gasteiger partial charge in [0.25, 0.3) is 0 Å². The summed E-state index contributed by atoms with van der Waals surface area (Å²) in [6, 6.07) is 3.78. The van der Waals surface area contributed by atoms with Crippen LogP contribution >= 0.6 is 11.3 Å². The highest BCUT2D eigenvalue weighted by Crippen LogP contribution is 2.25. The molecule has 0 atom stereocenters. The molecule has 0 bridgehead atoms. The maximum Gasteiger partial charge on any atom is 0.206 e. The molecule has 0 aliphatic carbocycles. The van der Waals surface area contributed by atoms with Crippen molar-refractivity contribution in [3.8, 4) is 10.6 Å². The summed E-state index contributed by atoms with van der Waals surface area (Å²) < 4.78 is 0. The molecule has 6 heteroatoms. The molecule has 0 radical (unpaired) electrons. The number of anilines is 1. The van der Waals surface area contributed by atoms with E-state index in [9.17, 15) is 4.79 Å². The maximum absolute atomic E-state index is 10.8. The first-order chi connectivity index (χ1) is 8.25. The Balaban J connectivity index is 1.99. The number of nitrogens with one attached hydrogen (secondary N) is 1. The molecule has 1 N–H and O–H groups in total. The molecule has 5 nitrogen and oxygen atoms in total. The summed E-state index contributed by atoms with van der Waals surface area (Å²) in [5.74, 6) is 0.163. The van der Waals surface area contributed by atoms with E-state index in [1.54, 1.807) is 19.3 Å². The van der Waals surface area contributed by atoms with Crippen LogP contribution in [0, 0.1) is 0 Å². The van der Waals surface area contributed by atoms with Crippen molar-refractivity contribution in [2.24, 2.45) is 0 Å². The second kappa shape index (κ2) is 5.49.